The molecule has 0 unspecified atom stereocenters. The highest BCUT2D eigenvalue weighted by atomic mass is 35.5. The van der Waals surface area contributed by atoms with Crippen molar-refractivity contribution in [3.8, 4) is 5.75 Å². The van der Waals surface area contributed by atoms with Gasteiger partial charge in [0.05, 0.1) is 6.54 Å². The monoisotopic (exact) mass is 443 g/mol. The first-order valence-corrected chi connectivity index (χ1v) is 8.70. The zero-order valence-electron chi connectivity index (χ0n) is 16.0. The van der Waals surface area contributed by atoms with E-state index in [4.69, 9.17) is 25.4 Å². The van der Waals surface area contributed by atoms with E-state index in [0.29, 0.717) is 23.1 Å². The summed E-state index contributed by atoms with van der Waals surface area (Å²) >= 11 is 0. The van der Waals surface area contributed by atoms with Crippen molar-refractivity contribution in [3.63, 3.8) is 0 Å². The lowest BCUT2D eigenvalue weighted by Gasteiger charge is -2.06. The number of amides is 1. The maximum atomic E-state index is 12.3. The number of ether oxygens (including phenoxy) is 1. The van der Waals surface area contributed by atoms with Crippen molar-refractivity contribution >= 4 is 46.9 Å². The van der Waals surface area contributed by atoms with E-state index in [1.54, 1.807) is 36.4 Å². The van der Waals surface area contributed by atoms with Crippen molar-refractivity contribution in [1.82, 2.24) is 5.32 Å². The molecule has 0 bridgehead atoms. The number of carboxylic acids is 1. The van der Waals surface area contributed by atoms with Gasteiger partial charge >= 0.3 is 11.9 Å². The highest BCUT2D eigenvalue weighted by Gasteiger charge is 2.14. The number of hydrogen-bond acceptors (Lipinski definition) is 6. The van der Waals surface area contributed by atoms with E-state index >= 15 is 0 Å². The standard InChI is InChI=1S/C21H17N3O6.ClH/c22-20(23)14-2-1-13-10-15(4-3-12(13)9-14)30-21(28)17-6-5-16(29-17)11-24-18(25)7-8-19(26)27;/h1-10H,11H2,(H3,22,23)(H,24,25)(H,26,27);1H/b8-7+;. The van der Waals surface area contributed by atoms with Crippen LogP contribution >= 0.6 is 12.4 Å². The minimum Gasteiger partial charge on any atom is -0.478 e. The predicted molar refractivity (Wildman–Crippen MR) is 115 cm³/mol. The predicted octanol–water partition coefficient (Wildman–Crippen LogP) is 2.61. The summed E-state index contributed by atoms with van der Waals surface area (Å²) in [5, 5.41) is 20.0. The summed E-state index contributed by atoms with van der Waals surface area (Å²) in [5.74, 6) is -2.02. The van der Waals surface area contributed by atoms with Crippen LogP contribution in [0.2, 0.25) is 0 Å². The number of esters is 1. The maximum Gasteiger partial charge on any atom is 0.379 e. The number of fused-ring (bicyclic) bond motifs is 1. The van der Waals surface area contributed by atoms with E-state index in [9.17, 15) is 14.4 Å². The van der Waals surface area contributed by atoms with Crippen LogP contribution in [0.3, 0.4) is 0 Å². The summed E-state index contributed by atoms with van der Waals surface area (Å²) in [7, 11) is 0. The second-order valence-corrected chi connectivity index (χ2v) is 6.18. The van der Waals surface area contributed by atoms with Crippen LogP contribution in [0.5, 0.6) is 5.75 Å². The molecule has 0 saturated heterocycles. The summed E-state index contributed by atoms with van der Waals surface area (Å²) in [6.07, 6.45) is 1.59. The van der Waals surface area contributed by atoms with Crippen LogP contribution in [0.1, 0.15) is 21.9 Å². The summed E-state index contributed by atoms with van der Waals surface area (Å²) in [5.41, 5.74) is 6.08. The number of amidine groups is 1. The zero-order valence-corrected chi connectivity index (χ0v) is 16.8. The van der Waals surface area contributed by atoms with Gasteiger partial charge in [0.15, 0.2) is 0 Å². The minimum atomic E-state index is -1.24. The Balaban J connectivity index is 0.00000341. The van der Waals surface area contributed by atoms with Gasteiger partial charge in [-0.3, -0.25) is 10.2 Å². The van der Waals surface area contributed by atoms with Gasteiger partial charge in [-0.05, 0) is 41.1 Å². The van der Waals surface area contributed by atoms with Crippen LogP contribution in [0.25, 0.3) is 10.8 Å². The van der Waals surface area contributed by atoms with Crippen molar-refractivity contribution in [3.05, 3.63) is 77.8 Å². The quantitative estimate of drug-likeness (QED) is 0.144. The largest absolute Gasteiger partial charge is 0.478 e. The molecule has 0 atom stereocenters. The number of carbonyl (C=O) groups is 3. The van der Waals surface area contributed by atoms with E-state index in [2.05, 4.69) is 5.32 Å². The summed E-state index contributed by atoms with van der Waals surface area (Å²) in [4.78, 5) is 34.1. The van der Waals surface area contributed by atoms with Crippen LogP contribution in [-0.2, 0) is 16.1 Å². The maximum absolute atomic E-state index is 12.3. The smallest absolute Gasteiger partial charge is 0.379 e. The average molecular weight is 444 g/mol. The zero-order chi connectivity index (χ0) is 21.7. The molecule has 0 saturated carbocycles. The Bertz CT molecular complexity index is 1180. The Morgan fingerprint density at radius 2 is 1.77 bits per heavy atom. The van der Waals surface area contributed by atoms with Gasteiger partial charge in [-0.15, -0.1) is 12.4 Å². The van der Waals surface area contributed by atoms with Crippen LogP contribution in [0.4, 0.5) is 0 Å². The van der Waals surface area contributed by atoms with Crippen molar-refractivity contribution in [2.24, 2.45) is 5.73 Å². The highest BCUT2D eigenvalue weighted by Crippen LogP contribution is 2.23. The molecule has 3 rings (SSSR count). The minimum absolute atomic E-state index is 0. The SMILES string of the molecule is Cl.N=C(N)c1ccc2cc(OC(=O)c3ccc(CNC(=O)/C=C/C(=O)O)o3)ccc2c1. The molecular formula is C21H18ClN3O6. The Morgan fingerprint density at radius 1 is 1.06 bits per heavy atom. The third-order valence-electron chi connectivity index (χ3n) is 4.01. The molecule has 0 radical (unpaired) electrons. The summed E-state index contributed by atoms with van der Waals surface area (Å²) in [6, 6.07) is 13.2. The van der Waals surface area contributed by atoms with Crippen molar-refractivity contribution in [2.75, 3.05) is 0 Å². The topological polar surface area (TPSA) is 156 Å². The molecule has 10 heteroatoms. The van der Waals surface area contributed by atoms with E-state index < -0.39 is 17.8 Å². The van der Waals surface area contributed by atoms with Crippen molar-refractivity contribution in [1.29, 1.82) is 5.41 Å². The van der Waals surface area contributed by atoms with Crippen LogP contribution in [0, 0.1) is 5.41 Å². The Kier molecular flexibility index (Phi) is 7.53. The van der Waals surface area contributed by atoms with Crippen LogP contribution in [-0.4, -0.2) is 28.8 Å². The number of halogens is 1. The number of carboxylic acid groups (broad SMARTS) is 1. The molecule has 5 N–H and O–H groups in total. The molecule has 1 heterocycles. The van der Waals surface area contributed by atoms with E-state index in [1.807, 2.05) is 0 Å². The number of rotatable bonds is 7. The molecule has 0 aliphatic heterocycles. The Morgan fingerprint density at radius 3 is 2.48 bits per heavy atom. The summed E-state index contributed by atoms with van der Waals surface area (Å²) in [6.45, 7) is -0.0233. The first kappa shape index (κ1) is 23.2. The average Bonchev–Trinajstić information content (AvgIpc) is 3.19. The fourth-order valence-corrected chi connectivity index (χ4v) is 2.57. The number of nitrogens with one attached hydrogen (secondary N) is 2. The fourth-order valence-electron chi connectivity index (χ4n) is 2.57. The van der Waals surface area contributed by atoms with Gasteiger partial charge in [-0.25, -0.2) is 9.59 Å². The van der Waals surface area contributed by atoms with Gasteiger partial charge in [0, 0.05) is 17.7 Å². The Labute approximate surface area is 182 Å². The van der Waals surface area contributed by atoms with Crippen molar-refractivity contribution < 1.29 is 28.6 Å². The number of hydrogen-bond donors (Lipinski definition) is 4. The third kappa shape index (κ3) is 6.18. The summed E-state index contributed by atoms with van der Waals surface area (Å²) < 4.78 is 10.7. The molecule has 1 aromatic heterocycles. The molecule has 0 aliphatic carbocycles. The Hall–Kier alpha value is -4.11. The normalized spacial score (nSPS) is 10.5. The number of nitrogens with two attached hydrogens (primary N) is 1. The molecule has 1 amide bonds. The number of nitrogen functional groups attached to an aromatic ring is 1. The second kappa shape index (κ2) is 10.1. The van der Waals surface area contributed by atoms with Crippen LogP contribution in [0.15, 0.2) is 65.1 Å². The van der Waals surface area contributed by atoms with Gasteiger partial charge in [-0.2, -0.15) is 0 Å². The van der Waals surface area contributed by atoms with Crippen LogP contribution < -0.4 is 15.8 Å². The molecule has 9 nitrogen and oxygen atoms in total. The van der Waals surface area contributed by atoms with Gasteiger partial charge in [0.1, 0.15) is 17.3 Å². The van der Waals surface area contributed by atoms with E-state index in [-0.39, 0.29) is 30.5 Å². The molecular weight excluding hydrogens is 426 g/mol. The first-order chi connectivity index (χ1) is 14.3. The van der Waals surface area contributed by atoms with E-state index in [0.717, 1.165) is 16.8 Å². The highest BCUT2D eigenvalue weighted by molar-refractivity contribution is 5.99. The molecule has 2 aromatic carbocycles. The molecule has 0 fully saturated rings. The third-order valence-corrected chi connectivity index (χ3v) is 4.01. The first-order valence-electron chi connectivity index (χ1n) is 8.70. The number of carbonyl (C=O) groups excluding carboxylic acids is 2. The van der Waals surface area contributed by atoms with Crippen molar-refractivity contribution in [2.45, 2.75) is 6.54 Å². The lowest BCUT2D eigenvalue weighted by molar-refractivity contribution is -0.131. The van der Waals surface area contributed by atoms with Gasteiger partial charge < -0.3 is 25.3 Å². The lowest BCUT2D eigenvalue weighted by Crippen LogP contribution is -2.20. The number of benzene rings is 2. The van der Waals surface area contributed by atoms with Gasteiger partial charge in [0.25, 0.3) is 0 Å². The number of aliphatic carboxylic acids is 1. The molecule has 0 spiro atoms. The lowest BCUT2D eigenvalue weighted by atomic mass is 10.1. The molecule has 0 aliphatic rings. The molecule has 31 heavy (non-hydrogen) atoms. The molecule has 3 aromatic rings. The molecule has 160 valence electrons. The number of furan rings is 1. The van der Waals surface area contributed by atoms with E-state index in [1.165, 1.54) is 12.1 Å². The van der Waals surface area contributed by atoms with Gasteiger partial charge in [-0.1, -0.05) is 18.2 Å². The van der Waals surface area contributed by atoms with Gasteiger partial charge in [0.2, 0.25) is 11.7 Å². The second-order valence-electron chi connectivity index (χ2n) is 6.18. The fraction of sp³-hybridized carbons (Fsp3) is 0.0476.